The van der Waals surface area contributed by atoms with Crippen LogP contribution in [-0.2, 0) is 5.54 Å². The molecule has 0 saturated carbocycles. The van der Waals surface area contributed by atoms with Crippen molar-refractivity contribution in [2.24, 2.45) is 5.73 Å². The van der Waals surface area contributed by atoms with Gasteiger partial charge in [-0.2, -0.15) is 0 Å². The van der Waals surface area contributed by atoms with E-state index in [4.69, 9.17) is 10.5 Å². The highest BCUT2D eigenvalue weighted by atomic mass is 35.5. The topological polar surface area (TPSA) is 47.3 Å². The van der Waals surface area contributed by atoms with Gasteiger partial charge in [-0.15, -0.1) is 12.4 Å². The molecule has 0 aromatic heterocycles. The zero-order valence-electron chi connectivity index (χ0n) is 8.82. The number of ether oxygens (including phenoxy) is 1. The van der Waals surface area contributed by atoms with Gasteiger partial charge in [0, 0.05) is 18.7 Å². The van der Waals surface area contributed by atoms with Crippen LogP contribution in [0.1, 0.15) is 12.5 Å². The Balaban J connectivity index is 0.00000112. The van der Waals surface area contributed by atoms with Crippen LogP contribution in [0, 0.1) is 0 Å². The predicted molar refractivity (Wildman–Crippen MR) is 63.6 cm³/mol. The standard InChI is InChI=1S/C11H16N2O.ClH/c1-2-14-10-6-4-3-5-9(10)11(12)7-13-8-11;/h3-6,13H,2,7-8,12H2,1H3;1H. The van der Waals surface area contributed by atoms with E-state index in [1.54, 1.807) is 0 Å². The van der Waals surface area contributed by atoms with E-state index < -0.39 is 0 Å². The minimum atomic E-state index is -0.230. The smallest absolute Gasteiger partial charge is 0.124 e. The van der Waals surface area contributed by atoms with Gasteiger partial charge in [-0.05, 0) is 13.0 Å². The molecule has 0 atom stereocenters. The first kappa shape index (κ1) is 12.3. The van der Waals surface area contributed by atoms with Crippen LogP contribution in [0.2, 0.25) is 0 Å². The molecule has 0 aliphatic carbocycles. The maximum absolute atomic E-state index is 6.21. The number of hydrogen-bond acceptors (Lipinski definition) is 3. The van der Waals surface area contributed by atoms with Gasteiger partial charge < -0.3 is 15.8 Å². The van der Waals surface area contributed by atoms with Crippen LogP contribution in [-0.4, -0.2) is 19.7 Å². The molecule has 3 N–H and O–H groups in total. The molecule has 1 saturated heterocycles. The third kappa shape index (κ3) is 2.25. The molecule has 1 aliphatic heterocycles. The molecule has 1 aromatic rings. The Hall–Kier alpha value is -0.770. The van der Waals surface area contributed by atoms with Gasteiger partial charge in [0.1, 0.15) is 5.75 Å². The number of hydrogen-bond donors (Lipinski definition) is 2. The summed E-state index contributed by atoms with van der Waals surface area (Å²) in [4.78, 5) is 0. The van der Waals surface area contributed by atoms with E-state index in [0.29, 0.717) is 6.61 Å². The third-order valence-electron chi connectivity index (χ3n) is 2.60. The summed E-state index contributed by atoms with van der Waals surface area (Å²) in [6.45, 7) is 4.33. The molecule has 4 heteroatoms. The summed E-state index contributed by atoms with van der Waals surface area (Å²) in [5.41, 5.74) is 7.09. The molecule has 0 amide bonds. The molecular formula is C11H17ClN2O. The van der Waals surface area contributed by atoms with E-state index in [9.17, 15) is 0 Å². The Morgan fingerprint density at radius 1 is 1.40 bits per heavy atom. The fourth-order valence-corrected chi connectivity index (χ4v) is 1.74. The molecule has 0 radical (unpaired) electrons. The Morgan fingerprint density at radius 3 is 2.60 bits per heavy atom. The van der Waals surface area contributed by atoms with E-state index >= 15 is 0 Å². The van der Waals surface area contributed by atoms with Crippen molar-refractivity contribution >= 4 is 12.4 Å². The van der Waals surface area contributed by atoms with Gasteiger partial charge in [0.25, 0.3) is 0 Å². The monoisotopic (exact) mass is 228 g/mol. The summed E-state index contributed by atoms with van der Waals surface area (Å²) >= 11 is 0. The van der Waals surface area contributed by atoms with Crippen molar-refractivity contribution in [2.45, 2.75) is 12.5 Å². The van der Waals surface area contributed by atoms with Crippen molar-refractivity contribution in [3.05, 3.63) is 29.8 Å². The van der Waals surface area contributed by atoms with Crippen LogP contribution in [0.25, 0.3) is 0 Å². The number of nitrogens with two attached hydrogens (primary N) is 1. The molecule has 84 valence electrons. The lowest BCUT2D eigenvalue weighted by molar-refractivity contribution is 0.265. The molecule has 1 aromatic carbocycles. The van der Waals surface area contributed by atoms with Gasteiger partial charge in [-0.1, -0.05) is 18.2 Å². The largest absolute Gasteiger partial charge is 0.494 e. The van der Waals surface area contributed by atoms with E-state index in [0.717, 1.165) is 24.4 Å². The van der Waals surface area contributed by atoms with Crippen molar-refractivity contribution < 1.29 is 4.74 Å². The van der Waals surface area contributed by atoms with Gasteiger partial charge in [-0.25, -0.2) is 0 Å². The number of para-hydroxylation sites is 1. The molecule has 15 heavy (non-hydrogen) atoms. The normalized spacial score (nSPS) is 17.5. The second-order valence-corrected chi connectivity index (χ2v) is 3.69. The number of benzene rings is 1. The highest BCUT2D eigenvalue weighted by molar-refractivity contribution is 5.85. The molecule has 3 nitrogen and oxygen atoms in total. The summed E-state index contributed by atoms with van der Waals surface area (Å²) < 4.78 is 5.55. The van der Waals surface area contributed by atoms with Gasteiger partial charge in [0.2, 0.25) is 0 Å². The summed E-state index contributed by atoms with van der Waals surface area (Å²) in [6, 6.07) is 8.01. The van der Waals surface area contributed by atoms with Gasteiger partial charge in [0.05, 0.1) is 12.1 Å². The SMILES string of the molecule is CCOc1ccccc1C1(N)CNC1.Cl. The maximum atomic E-state index is 6.21. The molecule has 1 fully saturated rings. The first-order chi connectivity index (χ1) is 6.76. The quantitative estimate of drug-likeness (QED) is 0.819. The van der Waals surface area contributed by atoms with Gasteiger partial charge in [-0.3, -0.25) is 0 Å². The van der Waals surface area contributed by atoms with Gasteiger partial charge >= 0.3 is 0 Å². The Bertz CT molecular complexity index is 326. The second-order valence-electron chi connectivity index (χ2n) is 3.69. The molecule has 0 unspecified atom stereocenters. The fourth-order valence-electron chi connectivity index (χ4n) is 1.74. The van der Waals surface area contributed by atoms with Crippen molar-refractivity contribution in [1.82, 2.24) is 5.32 Å². The lowest BCUT2D eigenvalue weighted by Gasteiger charge is -2.40. The average molecular weight is 229 g/mol. The van der Waals surface area contributed by atoms with Crippen LogP contribution in [0.3, 0.4) is 0 Å². The third-order valence-corrected chi connectivity index (χ3v) is 2.60. The highest BCUT2D eigenvalue weighted by Gasteiger charge is 2.36. The minimum Gasteiger partial charge on any atom is -0.494 e. The molecule has 0 bridgehead atoms. The fraction of sp³-hybridized carbons (Fsp3) is 0.455. The zero-order valence-corrected chi connectivity index (χ0v) is 9.64. The van der Waals surface area contributed by atoms with E-state index in [-0.39, 0.29) is 17.9 Å². The summed E-state index contributed by atoms with van der Waals surface area (Å²) in [6.07, 6.45) is 0. The van der Waals surface area contributed by atoms with Crippen LogP contribution < -0.4 is 15.8 Å². The van der Waals surface area contributed by atoms with E-state index in [2.05, 4.69) is 5.32 Å². The Kier molecular flexibility index (Phi) is 3.97. The van der Waals surface area contributed by atoms with Crippen molar-refractivity contribution in [1.29, 1.82) is 0 Å². The number of halogens is 1. The maximum Gasteiger partial charge on any atom is 0.124 e. The molecular weight excluding hydrogens is 212 g/mol. The highest BCUT2D eigenvalue weighted by Crippen LogP contribution is 2.30. The number of rotatable bonds is 3. The van der Waals surface area contributed by atoms with E-state index in [1.807, 2.05) is 31.2 Å². The van der Waals surface area contributed by atoms with Crippen molar-refractivity contribution in [2.75, 3.05) is 19.7 Å². The summed E-state index contributed by atoms with van der Waals surface area (Å²) in [7, 11) is 0. The first-order valence-electron chi connectivity index (χ1n) is 4.98. The Labute approximate surface area is 96.4 Å². The van der Waals surface area contributed by atoms with Crippen molar-refractivity contribution in [3.63, 3.8) is 0 Å². The molecule has 2 rings (SSSR count). The predicted octanol–water partition coefficient (Wildman–Crippen LogP) is 1.26. The Morgan fingerprint density at radius 2 is 2.07 bits per heavy atom. The molecule has 0 spiro atoms. The summed E-state index contributed by atoms with van der Waals surface area (Å²) in [5.74, 6) is 0.916. The first-order valence-corrected chi connectivity index (χ1v) is 4.98. The van der Waals surface area contributed by atoms with E-state index in [1.165, 1.54) is 0 Å². The molecule has 1 heterocycles. The van der Waals surface area contributed by atoms with Crippen molar-refractivity contribution in [3.8, 4) is 5.75 Å². The van der Waals surface area contributed by atoms with Crippen LogP contribution in [0.4, 0.5) is 0 Å². The lowest BCUT2D eigenvalue weighted by Crippen LogP contribution is -2.62. The number of nitrogens with one attached hydrogen (secondary N) is 1. The summed E-state index contributed by atoms with van der Waals surface area (Å²) in [5, 5.41) is 3.19. The second kappa shape index (κ2) is 4.84. The van der Waals surface area contributed by atoms with Gasteiger partial charge in [0.15, 0.2) is 0 Å². The van der Waals surface area contributed by atoms with Crippen LogP contribution in [0.15, 0.2) is 24.3 Å². The molecule has 1 aliphatic rings. The average Bonchev–Trinajstić information content (AvgIpc) is 2.16. The minimum absolute atomic E-state index is 0. The van der Waals surface area contributed by atoms with Crippen LogP contribution >= 0.6 is 12.4 Å². The van der Waals surface area contributed by atoms with Crippen LogP contribution in [0.5, 0.6) is 5.75 Å². The lowest BCUT2D eigenvalue weighted by atomic mass is 9.85. The zero-order chi connectivity index (χ0) is 10.0.